The van der Waals surface area contributed by atoms with Crippen LogP contribution in [-0.4, -0.2) is 32.3 Å². The Kier molecular flexibility index (Phi) is 2.75. The fourth-order valence-corrected chi connectivity index (χ4v) is 1.10. The third-order valence-electron chi connectivity index (χ3n) is 1.48. The second-order valence-electron chi connectivity index (χ2n) is 2.38. The SMILES string of the molecule is CC(=[OH+])c1ccc(O)cc1[O][Al]. The zero-order valence-corrected chi connectivity index (χ0v) is 7.77. The molecule has 1 aromatic rings. The predicted octanol–water partition coefficient (Wildman–Crippen LogP) is 0.767. The van der Waals surface area contributed by atoms with Crippen LogP contribution in [-0.2, 0) is 0 Å². The molecule has 0 saturated carbocycles. The van der Waals surface area contributed by atoms with E-state index in [-0.39, 0.29) is 11.5 Å². The number of benzene rings is 1. The number of rotatable bonds is 2. The summed E-state index contributed by atoms with van der Waals surface area (Å²) in [5.41, 5.74) is 0.572. The van der Waals surface area contributed by atoms with E-state index in [0.29, 0.717) is 11.3 Å². The van der Waals surface area contributed by atoms with Gasteiger partial charge in [0.25, 0.3) is 0 Å². The molecule has 0 fully saturated rings. The summed E-state index contributed by atoms with van der Waals surface area (Å²) in [4.78, 5) is 9.17. The van der Waals surface area contributed by atoms with Gasteiger partial charge in [-0.2, -0.15) is 0 Å². The third-order valence-corrected chi connectivity index (χ3v) is 1.74. The first-order chi connectivity index (χ1) is 5.65. The van der Waals surface area contributed by atoms with E-state index in [9.17, 15) is 4.79 Å². The molecule has 1 aromatic carbocycles. The van der Waals surface area contributed by atoms with Gasteiger partial charge in [0.2, 0.25) is 0 Å². The molecule has 0 unspecified atom stereocenters. The lowest BCUT2D eigenvalue weighted by Gasteiger charge is -2.05. The van der Waals surface area contributed by atoms with Crippen LogP contribution >= 0.6 is 0 Å². The summed E-state index contributed by atoms with van der Waals surface area (Å²) >= 11 is 2.06. The van der Waals surface area contributed by atoms with Crippen LogP contribution in [0.15, 0.2) is 18.2 Å². The number of hydrogen-bond acceptors (Lipinski definition) is 2. The highest BCUT2D eigenvalue weighted by Crippen LogP contribution is 2.23. The van der Waals surface area contributed by atoms with Crippen molar-refractivity contribution in [2.45, 2.75) is 6.92 Å². The lowest BCUT2D eigenvalue weighted by molar-refractivity contribution is 0.471. The van der Waals surface area contributed by atoms with Crippen LogP contribution in [0.1, 0.15) is 12.5 Å². The van der Waals surface area contributed by atoms with Crippen LogP contribution in [0.3, 0.4) is 0 Å². The van der Waals surface area contributed by atoms with Gasteiger partial charge in [-0.3, -0.25) is 4.79 Å². The number of phenols is 1. The van der Waals surface area contributed by atoms with Crippen LogP contribution in [0.2, 0.25) is 0 Å². The second kappa shape index (κ2) is 3.62. The van der Waals surface area contributed by atoms with Gasteiger partial charge in [0.05, 0.1) is 12.7 Å². The van der Waals surface area contributed by atoms with Gasteiger partial charge in [-0.15, -0.1) is 0 Å². The molecular formula is C8H8AlO3+. The van der Waals surface area contributed by atoms with Crippen molar-refractivity contribution in [1.29, 1.82) is 0 Å². The second-order valence-corrected chi connectivity index (χ2v) is 2.62. The van der Waals surface area contributed by atoms with Crippen molar-refractivity contribution < 1.29 is 13.7 Å². The average Bonchev–Trinajstić information content (AvgIpc) is 2.03. The monoisotopic (exact) mass is 179 g/mol. The molecule has 0 bridgehead atoms. The minimum Gasteiger partial charge on any atom is -0.653 e. The van der Waals surface area contributed by atoms with E-state index in [4.69, 9.17) is 8.90 Å². The maximum Gasteiger partial charge on any atom is 0.482 e. The Labute approximate surface area is 78.7 Å². The van der Waals surface area contributed by atoms with Gasteiger partial charge in [0.1, 0.15) is 11.3 Å². The van der Waals surface area contributed by atoms with Gasteiger partial charge < -0.3 is 8.90 Å². The number of carbonyl (C=O) groups excluding carboxylic acids is 1. The standard InChI is InChI=1S/C8H8O3.Al/c1-5(9)7-3-2-6(10)4-8(7)11;/h2-4,10-11H,1H3;/q;+1. The van der Waals surface area contributed by atoms with Crippen LogP contribution in [0.4, 0.5) is 0 Å². The average molecular weight is 179 g/mol. The van der Waals surface area contributed by atoms with Crippen molar-refractivity contribution in [3.63, 3.8) is 0 Å². The topological polar surface area (TPSA) is 50.9 Å². The lowest BCUT2D eigenvalue weighted by atomic mass is 10.1. The van der Waals surface area contributed by atoms with Crippen LogP contribution in [0.25, 0.3) is 0 Å². The van der Waals surface area contributed by atoms with Crippen LogP contribution in [0, 0.1) is 0 Å². The van der Waals surface area contributed by atoms with Crippen molar-refractivity contribution in [3.8, 4) is 11.5 Å². The molecule has 0 heterocycles. The first-order valence-corrected chi connectivity index (χ1v) is 3.85. The summed E-state index contributed by atoms with van der Waals surface area (Å²) in [5.74, 6) is 0.699. The largest absolute Gasteiger partial charge is 0.653 e. The van der Waals surface area contributed by atoms with Gasteiger partial charge in [-0.25, -0.2) is 0 Å². The van der Waals surface area contributed by atoms with Crippen molar-refractivity contribution in [3.05, 3.63) is 23.8 Å². The highest BCUT2D eigenvalue weighted by molar-refractivity contribution is 6.03. The van der Waals surface area contributed by atoms with Gasteiger partial charge in [0.15, 0.2) is 0 Å². The summed E-state index contributed by atoms with van der Waals surface area (Å²) in [5, 5.41) is 9.07. The van der Waals surface area contributed by atoms with E-state index >= 15 is 0 Å². The molecule has 4 heteroatoms. The summed E-state index contributed by atoms with van der Waals surface area (Å²) in [6.07, 6.45) is 0. The fraction of sp³-hybridized carbons (Fsp3) is 0.125. The van der Waals surface area contributed by atoms with E-state index in [1.165, 1.54) is 12.1 Å². The van der Waals surface area contributed by atoms with Gasteiger partial charge in [0, 0.05) is 6.07 Å². The zero-order chi connectivity index (χ0) is 9.14. The molecule has 0 aromatic heterocycles. The van der Waals surface area contributed by atoms with Crippen LogP contribution in [0.5, 0.6) is 11.5 Å². The van der Waals surface area contributed by atoms with Gasteiger partial charge in [-0.1, -0.05) is 0 Å². The summed E-state index contributed by atoms with van der Waals surface area (Å²) in [6, 6.07) is 4.51. The quantitative estimate of drug-likeness (QED) is 0.414. The Morgan fingerprint density at radius 1 is 1.58 bits per heavy atom. The Morgan fingerprint density at radius 2 is 2.25 bits per heavy atom. The number of ketones is 1. The van der Waals surface area contributed by atoms with E-state index in [2.05, 4.69) is 16.6 Å². The third kappa shape index (κ3) is 1.79. The molecule has 0 aliphatic carbocycles. The first-order valence-electron chi connectivity index (χ1n) is 3.38. The van der Waals surface area contributed by atoms with Crippen LogP contribution < -0.4 is 3.79 Å². The van der Waals surface area contributed by atoms with Gasteiger partial charge >= 0.3 is 22.4 Å². The lowest BCUT2D eigenvalue weighted by Crippen LogP contribution is -1.98. The fourth-order valence-electron chi connectivity index (χ4n) is 0.907. The minimum atomic E-state index is 0.109. The molecule has 12 heavy (non-hydrogen) atoms. The summed E-state index contributed by atoms with van der Waals surface area (Å²) in [6.45, 7) is 1.56. The summed E-state index contributed by atoms with van der Waals surface area (Å²) in [7, 11) is 0. The Balaban J connectivity index is 3.20. The zero-order valence-electron chi connectivity index (χ0n) is 6.61. The highest BCUT2D eigenvalue weighted by Gasteiger charge is 2.11. The molecule has 0 spiro atoms. The van der Waals surface area contributed by atoms with Crippen molar-refractivity contribution in [2.24, 2.45) is 0 Å². The molecule has 0 atom stereocenters. The molecule has 1 rings (SSSR count). The summed E-state index contributed by atoms with van der Waals surface area (Å²) < 4.78 is 4.86. The molecule has 0 amide bonds. The Bertz CT molecular complexity index is 309. The predicted molar refractivity (Wildman–Crippen MR) is 46.2 cm³/mol. The van der Waals surface area contributed by atoms with Crippen molar-refractivity contribution in [2.75, 3.05) is 0 Å². The molecule has 60 valence electrons. The highest BCUT2D eigenvalue weighted by atomic mass is 27.1. The molecule has 0 aliphatic heterocycles. The first kappa shape index (κ1) is 9.11. The molecular weight excluding hydrogens is 171 g/mol. The van der Waals surface area contributed by atoms with Crippen molar-refractivity contribution >= 4 is 22.4 Å². The van der Waals surface area contributed by atoms with E-state index in [0.717, 1.165) is 0 Å². The Hall–Kier alpha value is -0.978. The molecule has 0 saturated heterocycles. The molecule has 3 nitrogen and oxygen atoms in total. The number of aromatic hydroxyl groups is 1. The smallest absolute Gasteiger partial charge is 0.482 e. The van der Waals surface area contributed by atoms with E-state index in [1.54, 1.807) is 13.0 Å². The maximum atomic E-state index is 9.17. The van der Waals surface area contributed by atoms with E-state index in [1.807, 2.05) is 0 Å². The molecule has 2 radical (unpaired) electrons. The van der Waals surface area contributed by atoms with Gasteiger partial charge in [-0.05, 0) is 12.1 Å². The normalized spacial score (nSPS) is 9.42. The maximum absolute atomic E-state index is 9.17. The molecule has 0 aliphatic rings. The minimum absolute atomic E-state index is 0.109. The van der Waals surface area contributed by atoms with E-state index < -0.39 is 0 Å². The number of hydrogen-bond donors (Lipinski definition) is 1. The van der Waals surface area contributed by atoms with Crippen molar-refractivity contribution in [1.82, 2.24) is 0 Å². The Morgan fingerprint density at radius 3 is 2.75 bits per heavy atom. The number of phenolic OH excluding ortho intramolecular Hbond substituents is 1. The molecule has 2 N–H and O–H groups in total.